The largest absolute Gasteiger partial charge is 0.289 e. The molecule has 0 amide bonds. The minimum Gasteiger partial charge on any atom is -0.289 e. The lowest BCUT2D eigenvalue weighted by atomic mass is 9.61. The number of benzene rings is 3. The van der Waals surface area contributed by atoms with E-state index in [1.165, 1.54) is 5.56 Å². The summed E-state index contributed by atoms with van der Waals surface area (Å²) < 4.78 is 0. The zero-order chi connectivity index (χ0) is 18.0. The Morgan fingerprint density at radius 2 is 1.04 bits per heavy atom. The molecule has 6 rings (SSSR count). The number of pyridine rings is 1. The quantitative estimate of drug-likeness (QED) is 0.388. The second-order valence-corrected chi connectivity index (χ2v) is 7.12. The minimum atomic E-state index is -0.499. The van der Waals surface area contributed by atoms with Crippen molar-refractivity contribution in [3.8, 4) is 11.3 Å². The van der Waals surface area contributed by atoms with E-state index in [4.69, 9.17) is 4.98 Å². The summed E-state index contributed by atoms with van der Waals surface area (Å²) in [5, 5.41) is 0. The lowest BCUT2D eigenvalue weighted by molar-refractivity contribution is 0.103. The van der Waals surface area contributed by atoms with Gasteiger partial charge in [0.15, 0.2) is 5.78 Å². The average Bonchev–Trinajstić information content (AvgIpc) is 3.04. The summed E-state index contributed by atoms with van der Waals surface area (Å²) >= 11 is 0. The van der Waals surface area contributed by atoms with Crippen molar-refractivity contribution in [1.29, 1.82) is 0 Å². The van der Waals surface area contributed by atoms with Gasteiger partial charge in [-0.3, -0.25) is 9.78 Å². The van der Waals surface area contributed by atoms with Crippen LogP contribution in [-0.2, 0) is 5.41 Å². The van der Waals surface area contributed by atoms with E-state index < -0.39 is 5.41 Å². The first-order chi connectivity index (χ1) is 13.3. The predicted molar refractivity (Wildman–Crippen MR) is 105 cm³/mol. The number of carbonyl (C=O) groups excluding carboxylic acids is 1. The van der Waals surface area contributed by atoms with Crippen molar-refractivity contribution in [3.05, 3.63) is 125 Å². The highest BCUT2D eigenvalue weighted by molar-refractivity contribution is 6.14. The van der Waals surface area contributed by atoms with Gasteiger partial charge < -0.3 is 0 Å². The maximum absolute atomic E-state index is 13.3. The molecule has 0 radical (unpaired) electrons. The standard InChI is InChI=1S/C25H15NO/c27-24-17-9-2-5-12-20(17)25(21-13-6-3-10-18(21)24)19-11-4-1-8-16(19)23-22(25)14-7-15-26-23/h1-15H. The Hall–Kier alpha value is -3.52. The molecule has 3 aromatic carbocycles. The van der Waals surface area contributed by atoms with Crippen molar-refractivity contribution < 1.29 is 4.79 Å². The van der Waals surface area contributed by atoms with Gasteiger partial charge in [-0.05, 0) is 28.3 Å². The van der Waals surface area contributed by atoms with E-state index in [-0.39, 0.29) is 5.78 Å². The van der Waals surface area contributed by atoms with Gasteiger partial charge in [0, 0.05) is 22.9 Å². The third kappa shape index (κ3) is 1.61. The fourth-order valence-corrected chi connectivity index (χ4v) is 4.97. The van der Waals surface area contributed by atoms with Crippen molar-refractivity contribution in [2.45, 2.75) is 5.41 Å². The summed E-state index contributed by atoms with van der Waals surface area (Å²) in [5.41, 5.74) is 7.66. The Labute approximate surface area is 157 Å². The maximum atomic E-state index is 13.3. The topological polar surface area (TPSA) is 30.0 Å². The molecule has 1 spiro atoms. The van der Waals surface area contributed by atoms with Crippen LogP contribution in [0.15, 0.2) is 91.1 Å². The second kappa shape index (κ2) is 5.01. The van der Waals surface area contributed by atoms with Gasteiger partial charge in [0.25, 0.3) is 0 Å². The van der Waals surface area contributed by atoms with Crippen LogP contribution in [0.25, 0.3) is 11.3 Å². The Morgan fingerprint density at radius 1 is 0.556 bits per heavy atom. The third-order valence-electron chi connectivity index (χ3n) is 5.95. The molecule has 4 aromatic rings. The summed E-state index contributed by atoms with van der Waals surface area (Å²) in [6, 6.07) is 28.7. The predicted octanol–water partition coefficient (Wildman–Crippen LogP) is 4.99. The lowest BCUT2D eigenvalue weighted by Crippen LogP contribution is -2.36. The van der Waals surface area contributed by atoms with E-state index in [9.17, 15) is 4.79 Å². The highest BCUT2D eigenvalue weighted by atomic mass is 16.1. The van der Waals surface area contributed by atoms with Gasteiger partial charge in [0.05, 0.1) is 11.1 Å². The fourth-order valence-electron chi connectivity index (χ4n) is 4.97. The summed E-state index contributed by atoms with van der Waals surface area (Å²) in [7, 11) is 0. The first-order valence-electron chi connectivity index (χ1n) is 9.12. The third-order valence-corrected chi connectivity index (χ3v) is 5.95. The van der Waals surface area contributed by atoms with E-state index in [0.29, 0.717) is 0 Å². The van der Waals surface area contributed by atoms with Crippen molar-refractivity contribution in [2.75, 3.05) is 0 Å². The van der Waals surface area contributed by atoms with Gasteiger partial charge in [-0.2, -0.15) is 0 Å². The molecule has 2 heteroatoms. The van der Waals surface area contributed by atoms with Gasteiger partial charge in [0.2, 0.25) is 0 Å². The smallest absolute Gasteiger partial charge is 0.193 e. The highest BCUT2D eigenvalue weighted by Gasteiger charge is 2.51. The van der Waals surface area contributed by atoms with Crippen LogP contribution in [0.2, 0.25) is 0 Å². The first-order valence-corrected chi connectivity index (χ1v) is 9.12. The number of nitrogens with zero attached hydrogens (tertiary/aromatic N) is 1. The van der Waals surface area contributed by atoms with Crippen molar-refractivity contribution in [3.63, 3.8) is 0 Å². The number of carbonyl (C=O) groups is 1. The van der Waals surface area contributed by atoms with Crippen LogP contribution in [0.4, 0.5) is 0 Å². The van der Waals surface area contributed by atoms with Crippen molar-refractivity contribution in [2.24, 2.45) is 0 Å². The van der Waals surface area contributed by atoms with Gasteiger partial charge in [-0.25, -0.2) is 0 Å². The van der Waals surface area contributed by atoms with E-state index in [1.54, 1.807) is 0 Å². The van der Waals surface area contributed by atoms with Crippen LogP contribution in [0, 0.1) is 0 Å². The summed E-state index contributed by atoms with van der Waals surface area (Å²) in [6.07, 6.45) is 1.85. The summed E-state index contributed by atoms with van der Waals surface area (Å²) in [5.74, 6) is 0.0987. The number of fused-ring (bicyclic) bond motifs is 9. The van der Waals surface area contributed by atoms with Crippen molar-refractivity contribution >= 4 is 5.78 Å². The van der Waals surface area contributed by atoms with Gasteiger partial charge in [0.1, 0.15) is 0 Å². The molecule has 2 aliphatic carbocycles. The molecular formula is C25H15NO. The van der Waals surface area contributed by atoms with Crippen LogP contribution in [0.3, 0.4) is 0 Å². The number of aromatic nitrogens is 1. The molecule has 27 heavy (non-hydrogen) atoms. The molecule has 0 bridgehead atoms. The molecule has 1 heterocycles. The van der Waals surface area contributed by atoms with Crippen LogP contribution in [0.1, 0.15) is 38.2 Å². The van der Waals surface area contributed by atoms with Gasteiger partial charge >= 0.3 is 0 Å². The van der Waals surface area contributed by atoms with Gasteiger partial charge in [-0.1, -0.05) is 78.9 Å². The average molecular weight is 345 g/mol. The minimum absolute atomic E-state index is 0.0987. The van der Waals surface area contributed by atoms with Gasteiger partial charge in [-0.15, -0.1) is 0 Å². The summed E-state index contributed by atoms with van der Waals surface area (Å²) in [4.78, 5) is 18.0. The Kier molecular flexibility index (Phi) is 2.72. The molecular weight excluding hydrogens is 330 g/mol. The number of hydrogen-bond donors (Lipinski definition) is 0. The molecule has 126 valence electrons. The van der Waals surface area contributed by atoms with Crippen LogP contribution < -0.4 is 0 Å². The van der Waals surface area contributed by atoms with E-state index in [2.05, 4.69) is 42.5 Å². The first kappa shape index (κ1) is 14.6. The maximum Gasteiger partial charge on any atom is 0.193 e. The van der Waals surface area contributed by atoms with E-state index >= 15 is 0 Å². The summed E-state index contributed by atoms with van der Waals surface area (Å²) in [6.45, 7) is 0. The van der Waals surface area contributed by atoms with E-state index in [0.717, 1.165) is 39.1 Å². The number of ketones is 1. The highest BCUT2D eigenvalue weighted by Crippen LogP contribution is 2.58. The molecule has 0 saturated heterocycles. The molecule has 1 aromatic heterocycles. The van der Waals surface area contributed by atoms with Crippen LogP contribution >= 0.6 is 0 Å². The molecule has 0 N–H and O–H groups in total. The normalized spacial score (nSPS) is 15.0. The monoisotopic (exact) mass is 345 g/mol. The molecule has 2 nitrogen and oxygen atoms in total. The zero-order valence-corrected chi connectivity index (χ0v) is 14.5. The molecule has 0 atom stereocenters. The number of rotatable bonds is 0. The molecule has 0 saturated carbocycles. The Balaban J connectivity index is 1.89. The Morgan fingerprint density at radius 3 is 1.67 bits per heavy atom. The van der Waals surface area contributed by atoms with Crippen LogP contribution in [-0.4, -0.2) is 10.8 Å². The molecule has 2 aliphatic rings. The molecule has 0 aliphatic heterocycles. The van der Waals surface area contributed by atoms with Crippen molar-refractivity contribution in [1.82, 2.24) is 4.98 Å². The molecule has 0 unspecified atom stereocenters. The van der Waals surface area contributed by atoms with E-state index in [1.807, 2.05) is 48.7 Å². The van der Waals surface area contributed by atoms with Crippen LogP contribution in [0.5, 0.6) is 0 Å². The lowest BCUT2D eigenvalue weighted by Gasteiger charge is -2.39. The second-order valence-electron chi connectivity index (χ2n) is 7.12. The fraction of sp³-hybridized carbons (Fsp3) is 0.0400. The number of hydrogen-bond acceptors (Lipinski definition) is 2. The Bertz CT molecular complexity index is 1160. The zero-order valence-electron chi connectivity index (χ0n) is 14.5. The SMILES string of the molecule is O=C1c2ccccc2C2(c3ccccc31)c1ccccc1-c1ncccc12. The molecule has 0 fully saturated rings.